The normalized spacial score (nSPS) is 19.0. The van der Waals surface area contributed by atoms with Crippen molar-refractivity contribution in [2.45, 2.75) is 4.90 Å². The Bertz CT molecular complexity index is 1040. The fraction of sp³-hybridized carbons (Fsp3) is 0.200. The molecule has 0 amide bonds. The van der Waals surface area contributed by atoms with Gasteiger partial charge in [0, 0.05) is 24.2 Å². The number of sulfonamides is 1. The molecule has 1 aliphatic heterocycles. The largest absolute Gasteiger partial charge is 0.378 e. The first-order valence-electron chi connectivity index (χ1n) is 8.65. The molecule has 2 aromatic rings. The van der Waals surface area contributed by atoms with Gasteiger partial charge in [0.25, 0.3) is 10.0 Å². The molecule has 7 heteroatoms. The van der Waals surface area contributed by atoms with E-state index >= 15 is 0 Å². The van der Waals surface area contributed by atoms with Crippen LogP contribution in [0.3, 0.4) is 0 Å². The van der Waals surface area contributed by atoms with Crippen LogP contribution < -0.4 is 0 Å². The van der Waals surface area contributed by atoms with Gasteiger partial charge < -0.3 is 9.64 Å². The highest BCUT2D eigenvalue weighted by Gasteiger charge is 2.29. The van der Waals surface area contributed by atoms with Crippen LogP contribution in [0.1, 0.15) is 15.9 Å². The number of ketones is 1. The molecule has 27 heavy (non-hydrogen) atoms. The average Bonchev–Trinajstić information content (AvgIpc) is 2.71. The highest BCUT2D eigenvalue weighted by molar-refractivity contribution is 7.90. The van der Waals surface area contributed by atoms with Crippen LogP contribution in [0, 0.1) is 0 Å². The molecule has 1 fully saturated rings. The molecule has 0 saturated carbocycles. The van der Waals surface area contributed by atoms with Crippen LogP contribution >= 0.6 is 0 Å². The maximum atomic E-state index is 12.9. The number of nitrogens with zero attached hydrogens (tertiary/aromatic N) is 2. The predicted molar refractivity (Wildman–Crippen MR) is 101 cm³/mol. The molecule has 1 heterocycles. The molecule has 0 radical (unpaired) electrons. The molecule has 0 atom stereocenters. The van der Waals surface area contributed by atoms with Gasteiger partial charge in [0.15, 0.2) is 0 Å². The lowest BCUT2D eigenvalue weighted by molar-refractivity contribution is 0.0507. The van der Waals surface area contributed by atoms with E-state index in [1.54, 1.807) is 48.5 Å². The summed E-state index contributed by atoms with van der Waals surface area (Å²) in [6.45, 7) is 2.22. The number of benzene rings is 2. The summed E-state index contributed by atoms with van der Waals surface area (Å²) >= 11 is 0. The quantitative estimate of drug-likeness (QED) is 0.814. The second-order valence-corrected chi connectivity index (χ2v) is 7.87. The molecule has 2 aliphatic rings. The Kier molecular flexibility index (Phi) is 4.63. The van der Waals surface area contributed by atoms with Crippen molar-refractivity contribution in [3.63, 3.8) is 0 Å². The Morgan fingerprint density at radius 2 is 1.52 bits per heavy atom. The number of Topliss-reactive ketones (excluding diaryl/α,β-unsaturated/α-hetero) is 1. The minimum Gasteiger partial charge on any atom is -0.378 e. The third-order valence-corrected chi connectivity index (χ3v) is 5.87. The minimum atomic E-state index is -3.89. The van der Waals surface area contributed by atoms with Crippen LogP contribution in [0.5, 0.6) is 0 Å². The van der Waals surface area contributed by atoms with Gasteiger partial charge in [0.1, 0.15) is 0 Å². The SMILES string of the molecule is O=C1C(N2CCOCC2)=CC(=NS(=O)(=O)c2ccccc2)c2ccccc21. The molecule has 2 aromatic carbocycles. The molecule has 0 N–H and O–H groups in total. The fourth-order valence-corrected chi connectivity index (χ4v) is 4.22. The summed E-state index contributed by atoms with van der Waals surface area (Å²) in [6, 6.07) is 15.0. The molecule has 0 bridgehead atoms. The van der Waals surface area contributed by atoms with Crippen molar-refractivity contribution in [3.05, 3.63) is 77.5 Å². The zero-order valence-corrected chi connectivity index (χ0v) is 15.4. The zero-order valence-electron chi connectivity index (χ0n) is 14.5. The predicted octanol–water partition coefficient (Wildman–Crippen LogP) is 2.28. The molecule has 1 saturated heterocycles. The molecule has 6 nitrogen and oxygen atoms in total. The van der Waals surface area contributed by atoms with E-state index < -0.39 is 10.0 Å². The molecule has 0 spiro atoms. The number of allylic oxidation sites excluding steroid dienone is 2. The van der Waals surface area contributed by atoms with Crippen LogP contribution in [0.25, 0.3) is 0 Å². The topological polar surface area (TPSA) is 76.0 Å². The third-order valence-electron chi connectivity index (χ3n) is 4.57. The van der Waals surface area contributed by atoms with Gasteiger partial charge in [-0.05, 0) is 18.2 Å². The van der Waals surface area contributed by atoms with Crippen molar-refractivity contribution < 1.29 is 17.9 Å². The van der Waals surface area contributed by atoms with Gasteiger partial charge in [-0.3, -0.25) is 4.79 Å². The van der Waals surface area contributed by atoms with Gasteiger partial charge >= 0.3 is 0 Å². The highest BCUT2D eigenvalue weighted by atomic mass is 32.2. The first-order chi connectivity index (χ1) is 13.1. The zero-order chi connectivity index (χ0) is 18.9. The van der Waals surface area contributed by atoms with Crippen molar-refractivity contribution in [2.75, 3.05) is 26.3 Å². The molecule has 0 unspecified atom stereocenters. The van der Waals surface area contributed by atoms with E-state index in [4.69, 9.17) is 4.74 Å². The van der Waals surface area contributed by atoms with Crippen LogP contribution in [0.15, 0.2) is 75.7 Å². The first-order valence-corrected chi connectivity index (χ1v) is 10.1. The lowest BCUT2D eigenvalue weighted by Crippen LogP contribution is -2.39. The number of morpholine rings is 1. The summed E-state index contributed by atoms with van der Waals surface area (Å²) < 4.78 is 34.9. The number of hydrogen-bond acceptors (Lipinski definition) is 5. The van der Waals surface area contributed by atoms with Crippen molar-refractivity contribution in [1.29, 1.82) is 0 Å². The Morgan fingerprint density at radius 3 is 2.22 bits per heavy atom. The summed E-state index contributed by atoms with van der Waals surface area (Å²) in [7, 11) is -3.89. The number of hydrogen-bond donors (Lipinski definition) is 0. The molecular weight excluding hydrogens is 364 g/mol. The second kappa shape index (κ2) is 7.09. The minimum absolute atomic E-state index is 0.119. The second-order valence-electron chi connectivity index (χ2n) is 6.27. The van der Waals surface area contributed by atoms with E-state index in [9.17, 15) is 13.2 Å². The van der Waals surface area contributed by atoms with E-state index in [0.717, 1.165) is 0 Å². The van der Waals surface area contributed by atoms with E-state index in [2.05, 4.69) is 4.40 Å². The maximum absolute atomic E-state index is 12.9. The average molecular weight is 382 g/mol. The van der Waals surface area contributed by atoms with Gasteiger partial charge in [-0.1, -0.05) is 42.5 Å². The number of ether oxygens (including phenoxy) is 1. The Labute approximate surface area is 157 Å². The van der Waals surface area contributed by atoms with Crippen molar-refractivity contribution in [3.8, 4) is 0 Å². The van der Waals surface area contributed by atoms with Crippen molar-refractivity contribution in [2.24, 2.45) is 4.40 Å². The van der Waals surface area contributed by atoms with E-state index in [1.165, 1.54) is 12.1 Å². The Hall–Kier alpha value is -2.77. The van der Waals surface area contributed by atoms with Crippen molar-refractivity contribution in [1.82, 2.24) is 4.90 Å². The maximum Gasteiger partial charge on any atom is 0.282 e. The van der Waals surface area contributed by atoms with Gasteiger partial charge in [0.2, 0.25) is 5.78 Å². The van der Waals surface area contributed by atoms with Gasteiger partial charge in [-0.25, -0.2) is 0 Å². The van der Waals surface area contributed by atoms with Gasteiger partial charge in [-0.2, -0.15) is 12.8 Å². The number of carbonyl (C=O) groups excluding carboxylic acids is 1. The molecular formula is C20H18N2O4S. The fourth-order valence-electron chi connectivity index (χ4n) is 3.20. The molecule has 138 valence electrons. The lowest BCUT2D eigenvalue weighted by atomic mass is 9.91. The van der Waals surface area contributed by atoms with E-state index in [-0.39, 0.29) is 16.4 Å². The first kappa shape index (κ1) is 17.6. The van der Waals surface area contributed by atoms with E-state index in [0.29, 0.717) is 43.1 Å². The summed E-state index contributed by atoms with van der Waals surface area (Å²) in [6.07, 6.45) is 1.58. The molecule has 0 aromatic heterocycles. The van der Waals surface area contributed by atoms with Crippen LogP contribution in [0.4, 0.5) is 0 Å². The Morgan fingerprint density at radius 1 is 0.889 bits per heavy atom. The summed E-state index contributed by atoms with van der Waals surface area (Å²) in [5, 5.41) is 0. The van der Waals surface area contributed by atoms with Crippen molar-refractivity contribution >= 4 is 21.5 Å². The number of carbonyl (C=O) groups is 1. The Balaban J connectivity index is 1.84. The smallest absolute Gasteiger partial charge is 0.282 e. The van der Waals surface area contributed by atoms with E-state index in [1.807, 2.05) is 4.90 Å². The highest BCUT2D eigenvalue weighted by Crippen LogP contribution is 2.26. The summed E-state index contributed by atoms with van der Waals surface area (Å²) in [5.74, 6) is -0.122. The molecule has 1 aliphatic carbocycles. The standard InChI is InChI=1S/C20H18N2O4S/c23-20-17-9-5-4-8-16(17)18(14-19(20)22-10-12-26-13-11-22)21-27(24,25)15-6-2-1-3-7-15/h1-9,14H,10-13H2. The number of rotatable bonds is 3. The number of fused-ring (bicyclic) bond motifs is 1. The summed E-state index contributed by atoms with van der Waals surface area (Å²) in [4.78, 5) is 15.0. The van der Waals surface area contributed by atoms with Gasteiger partial charge in [-0.15, -0.1) is 0 Å². The third kappa shape index (κ3) is 3.43. The van der Waals surface area contributed by atoms with Crippen LogP contribution in [-0.4, -0.2) is 51.1 Å². The van der Waals surface area contributed by atoms with Crippen LogP contribution in [-0.2, 0) is 14.8 Å². The summed E-state index contributed by atoms with van der Waals surface area (Å²) in [5.41, 5.74) is 1.72. The van der Waals surface area contributed by atoms with Gasteiger partial charge in [0.05, 0.1) is 29.5 Å². The monoisotopic (exact) mass is 382 g/mol. The lowest BCUT2D eigenvalue weighted by Gasteiger charge is -2.32. The van der Waals surface area contributed by atoms with Crippen LogP contribution in [0.2, 0.25) is 0 Å². The molecule has 4 rings (SSSR count).